The summed E-state index contributed by atoms with van der Waals surface area (Å²) in [7, 11) is 0. The van der Waals surface area contributed by atoms with E-state index in [1.807, 2.05) is 31.2 Å². The second-order valence-electron chi connectivity index (χ2n) is 8.79. The first-order valence-electron chi connectivity index (χ1n) is 12.6. The predicted octanol–water partition coefficient (Wildman–Crippen LogP) is 4.22. The number of anilines is 1. The van der Waals surface area contributed by atoms with Gasteiger partial charge in [0.05, 0.1) is 37.0 Å². The van der Waals surface area contributed by atoms with E-state index in [0.717, 1.165) is 24.3 Å². The summed E-state index contributed by atoms with van der Waals surface area (Å²) < 4.78 is 23.2. The van der Waals surface area contributed by atoms with Crippen molar-refractivity contribution in [3.63, 3.8) is 0 Å². The fraction of sp³-hybridized carbons (Fsp3) is 0.241. The molecule has 2 aromatic carbocycles. The van der Waals surface area contributed by atoms with Crippen LogP contribution in [0.4, 0.5) is 5.69 Å². The van der Waals surface area contributed by atoms with Gasteiger partial charge < -0.3 is 33.4 Å². The molecule has 0 atom stereocenters. The molecule has 0 spiro atoms. The van der Waals surface area contributed by atoms with Gasteiger partial charge in [-0.1, -0.05) is 40.2 Å². The zero-order valence-electron chi connectivity index (χ0n) is 21.6. The van der Waals surface area contributed by atoms with Gasteiger partial charge in [0, 0.05) is 34.4 Å². The molecule has 1 saturated heterocycles. The minimum atomic E-state index is -1.28. The van der Waals surface area contributed by atoms with E-state index in [1.54, 1.807) is 12.1 Å². The molecule has 1 aliphatic heterocycles. The first-order chi connectivity index (χ1) is 19.5. The molecule has 4 aromatic rings. The van der Waals surface area contributed by atoms with Gasteiger partial charge in [0.1, 0.15) is 24.4 Å². The minimum absolute atomic E-state index is 0.0181. The van der Waals surface area contributed by atoms with E-state index in [-0.39, 0.29) is 35.5 Å². The predicted molar refractivity (Wildman–Crippen MR) is 147 cm³/mol. The Morgan fingerprint density at radius 3 is 2.60 bits per heavy atom. The Kier molecular flexibility index (Phi) is 8.28. The SMILES string of the molecule is CCOc1cnc(-c2cc(-c3ccc(N4CCOCC4)cc3)nc(OCc3ccc(C(=O)[O-])cc3Br)c2C#N)o1. The lowest BCUT2D eigenvalue weighted by molar-refractivity contribution is -0.255. The highest BCUT2D eigenvalue weighted by Gasteiger charge is 2.21. The molecular weight excluding hydrogens is 580 g/mol. The van der Waals surface area contributed by atoms with Gasteiger partial charge in [-0.3, -0.25) is 0 Å². The molecular formula is C29H24BrN4O6-. The van der Waals surface area contributed by atoms with Crippen LogP contribution in [0.2, 0.25) is 0 Å². The molecule has 0 saturated carbocycles. The fourth-order valence-corrected chi connectivity index (χ4v) is 4.74. The Bertz CT molecular complexity index is 1560. The van der Waals surface area contributed by atoms with Gasteiger partial charge in [-0.25, -0.2) is 9.97 Å². The number of carbonyl (C=O) groups is 1. The standard InChI is InChI=1S/C29H25BrN4O6/c1-2-38-26-16-32-27(40-26)22-14-25(18-5-7-21(8-6-18)34-9-11-37-12-10-34)33-28(23(22)15-31)39-17-20-4-3-19(29(35)36)13-24(20)30/h3-8,13-14,16H,2,9-12,17H2,1H3,(H,35,36)/p-1. The number of pyridine rings is 1. The summed E-state index contributed by atoms with van der Waals surface area (Å²) in [4.78, 5) is 22.4. The highest BCUT2D eigenvalue weighted by molar-refractivity contribution is 9.10. The number of benzene rings is 2. The summed E-state index contributed by atoms with van der Waals surface area (Å²) in [5, 5.41) is 21.3. The number of carbonyl (C=O) groups excluding carboxylic acids is 1. The third-order valence-corrected chi connectivity index (χ3v) is 7.03. The van der Waals surface area contributed by atoms with Gasteiger partial charge in [-0.05, 0) is 36.8 Å². The Labute approximate surface area is 238 Å². The van der Waals surface area contributed by atoms with Gasteiger partial charge >= 0.3 is 5.95 Å². The zero-order chi connectivity index (χ0) is 28.1. The van der Waals surface area contributed by atoms with E-state index in [4.69, 9.17) is 18.6 Å². The number of nitrogens with zero attached hydrogens (tertiary/aromatic N) is 4. The monoisotopic (exact) mass is 603 g/mol. The van der Waals surface area contributed by atoms with Crippen LogP contribution in [-0.2, 0) is 11.3 Å². The molecule has 0 radical (unpaired) electrons. The highest BCUT2D eigenvalue weighted by atomic mass is 79.9. The number of carboxylic acids is 1. The maximum atomic E-state index is 11.2. The number of hydrogen-bond donors (Lipinski definition) is 0. The number of morpholine rings is 1. The van der Waals surface area contributed by atoms with Crippen molar-refractivity contribution in [1.29, 1.82) is 5.26 Å². The largest absolute Gasteiger partial charge is 0.545 e. The maximum Gasteiger partial charge on any atom is 0.305 e. The number of aromatic carboxylic acids is 1. The number of carboxylic acid groups (broad SMARTS) is 1. The lowest BCUT2D eigenvalue weighted by atomic mass is 10.0. The average molecular weight is 604 g/mol. The Morgan fingerprint density at radius 1 is 1.15 bits per heavy atom. The quantitative estimate of drug-likeness (QED) is 0.274. The number of aromatic nitrogens is 2. The Hall–Kier alpha value is -4.40. The van der Waals surface area contributed by atoms with Crippen molar-refractivity contribution in [2.24, 2.45) is 0 Å². The summed E-state index contributed by atoms with van der Waals surface area (Å²) in [6, 6.07) is 16.3. The van der Waals surface area contributed by atoms with E-state index in [9.17, 15) is 15.2 Å². The smallest absolute Gasteiger partial charge is 0.305 e. The van der Waals surface area contributed by atoms with Crippen LogP contribution in [-0.4, -0.2) is 48.8 Å². The summed E-state index contributed by atoms with van der Waals surface area (Å²) in [6.45, 7) is 5.27. The van der Waals surface area contributed by atoms with Crippen LogP contribution in [0, 0.1) is 11.3 Å². The summed E-state index contributed by atoms with van der Waals surface area (Å²) in [6.07, 6.45) is 1.45. The minimum Gasteiger partial charge on any atom is -0.545 e. The summed E-state index contributed by atoms with van der Waals surface area (Å²) in [5.41, 5.74) is 3.68. The zero-order valence-corrected chi connectivity index (χ0v) is 23.1. The summed E-state index contributed by atoms with van der Waals surface area (Å²) >= 11 is 3.38. The van der Waals surface area contributed by atoms with E-state index in [1.165, 1.54) is 18.3 Å². The van der Waals surface area contributed by atoms with Crippen LogP contribution in [0.25, 0.3) is 22.7 Å². The van der Waals surface area contributed by atoms with Crippen LogP contribution in [0.5, 0.6) is 11.8 Å². The molecule has 0 N–H and O–H groups in total. The molecule has 10 nitrogen and oxygen atoms in total. The van der Waals surface area contributed by atoms with Crippen molar-refractivity contribution in [3.8, 4) is 40.6 Å². The van der Waals surface area contributed by atoms with Gasteiger partial charge in [0.2, 0.25) is 11.8 Å². The van der Waals surface area contributed by atoms with Crippen molar-refractivity contribution in [3.05, 3.63) is 75.9 Å². The van der Waals surface area contributed by atoms with E-state index in [2.05, 4.69) is 36.9 Å². The third kappa shape index (κ3) is 5.93. The molecule has 2 aromatic heterocycles. The number of halogens is 1. The van der Waals surface area contributed by atoms with E-state index >= 15 is 0 Å². The van der Waals surface area contributed by atoms with Crippen molar-refractivity contribution in [2.45, 2.75) is 13.5 Å². The third-order valence-electron chi connectivity index (χ3n) is 6.29. The lowest BCUT2D eigenvalue weighted by Gasteiger charge is -2.28. The number of ether oxygens (including phenoxy) is 3. The van der Waals surface area contributed by atoms with Crippen molar-refractivity contribution in [1.82, 2.24) is 9.97 Å². The molecule has 0 aliphatic carbocycles. The van der Waals surface area contributed by atoms with Gasteiger partial charge in [0.25, 0.3) is 0 Å². The van der Waals surface area contributed by atoms with Crippen molar-refractivity contribution < 1.29 is 28.5 Å². The summed E-state index contributed by atoms with van der Waals surface area (Å²) in [5.74, 6) is -0.776. The number of oxazole rings is 1. The molecule has 0 unspecified atom stereocenters. The molecule has 11 heteroatoms. The van der Waals surface area contributed by atoms with Gasteiger partial charge in [-0.15, -0.1) is 0 Å². The molecule has 0 amide bonds. The van der Waals surface area contributed by atoms with Crippen molar-refractivity contribution in [2.75, 3.05) is 37.8 Å². The van der Waals surface area contributed by atoms with E-state index < -0.39 is 5.97 Å². The maximum absolute atomic E-state index is 11.2. The molecule has 1 aliphatic rings. The second-order valence-corrected chi connectivity index (χ2v) is 9.65. The van der Waals surface area contributed by atoms with Crippen LogP contribution < -0.4 is 19.5 Å². The van der Waals surface area contributed by atoms with Crippen LogP contribution in [0.3, 0.4) is 0 Å². The molecule has 0 bridgehead atoms. The normalized spacial score (nSPS) is 13.1. The Balaban J connectivity index is 1.52. The average Bonchev–Trinajstić information content (AvgIpc) is 3.45. The molecule has 5 rings (SSSR count). The molecule has 3 heterocycles. The number of rotatable bonds is 9. The fourth-order valence-electron chi connectivity index (χ4n) is 4.25. The highest BCUT2D eigenvalue weighted by Crippen LogP contribution is 2.35. The lowest BCUT2D eigenvalue weighted by Crippen LogP contribution is -2.36. The first kappa shape index (κ1) is 27.2. The second kappa shape index (κ2) is 12.2. The van der Waals surface area contributed by atoms with Gasteiger partial charge in [-0.2, -0.15) is 5.26 Å². The first-order valence-corrected chi connectivity index (χ1v) is 13.4. The van der Waals surface area contributed by atoms with Crippen molar-refractivity contribution >= 4 is 27.6 Å². The Morgan fingerprint density at radius 2 is 1.93 bits per heavy atom. The van der Waals surface area contributed by atoms with Gasteiger partial charge in [0.15, 0.2) is 0 Å². The molecule has 40 heavy (non-hydrogen) atoms. The topological polar surface area (TPSA) is 134 Å². The number of hydrogen-bond acceptors (Lipinski definition) is 10. The molecule has 1 fully saturated rings. The molecule has 204 valence electrons. The number of nitriles is 1. The van der Waals surface area contributed by atoms with Crippen LogP contribution in [0.1, 0.15) is 28.4 Å². The van der Waals surface area contributed by atoms with Crippen LogP contribution in [0.15, 0.2) is 63.6 Å². The van der Waals surface area contributed by atoms with Crippen LogP contribution >= 0.6 is 15.9 Å². The van der Waals surface area contributed by atoms with E-state index in [0.29, 0.717) is 41.1 Å².